The van der Waals surface area contributed by atoms with Crippen molar-refractivity contribution in [2.24, 2.45) is 0 Å². The zero-order valence-corrected chi connectivity index (χ0v) is 30.4. The zero-order chi connectivity index (χ0) is 37.2. The van der Waals surface area contributed by atoms with Gasteiger partial charge in [0.2, 0.25) is 0 Å². The smallest absolute Gasteiger partial charge is 0.164 e. The fourth-order valence-electron chi connectivity index (χ4n) is 9.73. The normalized spacial score (nSPS) is 13.4. The summed E-state index contributed by atoms with van der Waals surface area (Å²) in [5, 5.41) is 4.16. The highest BCUT2D eigenvalue weighted by molar-refractivity contribution is 6.07. The molecule has 3 aromatic heterocycles. The molecule has 0 saturated carbocycles. The second-order valence-electron chi connectivity index (χ2n) is 15.1. The van der Waals surface area contributed by atoms with Gasteiger partial charge in [-0.25, -0.2) is 15.0 Å². The number of hydrogen-bond acceptors (Lipinski definition) is 5. The number of benzene rings is 8. The Hall–Kier alpha value is -7.63. The molecule has 57 heavy (non-hydrogen) atoms. The summed E-state index contributed by atoms with van der Waals surface area (Å²) in [5.74, 6) is 1.79. The first-order valence-corrected chi connectivity index (χ1v) is 19.3. The Bertz CT molecular complexity index is 3310. The molecule has 3 heterocycles. The summed E-state index contributed by atoms with van der Waals surface area (Å²) in [6.07, 6.45) is 0. The van der Waals surface area contributed by atoms with Crippen LogP contribution in [0.25, 0.3) is 100 Å². The van der Waals surface area contributed by atoms with Gasteiger partial charge in [-0.2, -0.15) is 0 Å². The van der Waals surface area contributed by atoms with Crippen LogP contribution in [0.3, 0.4) is 0 Å². The summed E-state index contributed by atoms with van der Waals surface area (Å²) >= 11 is 0. The van der Waals surface area contributed by atoms with Gasteiger partial charge in [-0.15, -0.1) is 0 Å². The molecule has 0 unspecified atom stereocenters. The van der Waals surface area contributed by atoms with Gasteiger partial charge in [0.05, 0.1) is 5.41 Å². The van der Waals surface area contributed by atoms with Crippen LogP contribution in [0.5, 0.6) is 0 Å². The van der Waals surface area contributed by atoms with Crippen molar-refractivity contribution in [3.05, 3.63) is 198 Å². The number of fused-ring (bicyclic) bond motifs is 16. The van der Waals surface area contributed by atoms with Crippen LogP contribution in [-0.4, -0.2) is 15.0 Å². The molecule has 0 fully saturated rings. The van der Waals surface area contributed by atoms with E-state index in [9.17, 15) is 0 Å². The highest BCUT2D eigenvalue weighted by Crippen LogP contribution is 2.63. The first-order valence-electron chi connectivity index (χ1n) is 19.3. The molecule has 8 aromatic carbocycles. The summed E-state index contributed by atoms with van der Waals surface area (Å²) < 4.78 is 12.4. The van der Waals surface area contributed by atoms with Crippen molar-refractivity contribution in [1.82, 2.24) is 15.0 Å². The Kier molecular flexibility index (Phi) is 6.04. The van der Waals surface area contributed by atoms with E-state index in [1.54, 1.807) is 0 Å². The van der Waals surface area contributed by atoms with Crippen molar-refractivity contribution < 1.29 is 8.83 Å². The van der Waals surface area contributed by atoms with Crippen LogP contribution in [0.1, 0.15) is 22.3 Å². The molecule has 5 nitrogen and oxygen atoms in total. The van der Waals surface area contributed by atoms with Crippen molar-refractivity contribution in [3.63, 3.8) is 0 Å². The molecule has 5 heteroatoms. The molecule has 0 N–H and O–H groups in total. The van der Waals surface area contributed by atoms with Crippen LogP contribution < -0.4 is 0 Å². The molecule has 1 spiro atoms. The lowest BCUT2D eigenvalue weighted by Gasteiger charge is -2.30. The van der Waals surface area contributed by atoms with Crippen molar-refractivity contribution >= 4 is 43.9 Å². The van der Waals surface area contributed by atoms with Gasteiger partial charge in [0.25, 0.3) is 0 Å². The lowest BCUT2D eigenvalue weighted by Crippen LogP contribution is -2.25. The predicted molar refractivity (Wildman–Crippen MR) is 227 cm³/mol. The minimum absolute atomic E-state index is 0.478. The maximum atomic E-state index is 6.20. The summed E-state index contributed by atoms with van der Waals surface area (Å²) in [7, 11) is 0. The molecule has 2 aliphatic rings. The molecule has 0 radical (unpaired) electrons. The molecule has 0 bridgehead atoms. The second kappa shape index (κ2) is 11.2. The van der Waals surface area contributed by atoms with Crippen LogP contribution >= 0.6 is 0 Å². The first-order chi connectivity index (χ1) is 28.2. The minimum atomic E-state index is -0.478. The van der Waals surface area contributed by atoms with Gasteiger partial charge in [0.1, 0.15) is 22.3 Å². The van der Waals surface area contributed by atoms with E-state index in [1.165, 1.54) is 44.5 Å². The third-order valence-electron chi connectivity index (χ3n) is 12.2. The van der Waals surface area contributed by atoms with Crippen LogP contribution in [0.15, 0.2) is 185 Å². The van der Waals surface area contributed by atoms with Crippen LogP contribution in [-0.2, 0) is 5.41 Å². The average Bonchev–Trinajstić information content (AvgIpc) is 4.01. The van der Waals surface area contributed by atoms with E-state index < -0.39 is 5.41 Å². The highest BCUT2D eigenvalue weighted by Gasteiger charge is 2.51. The Labute approximate surface area is 326 Å². The SMILES string of the molecule is c1ccc2c(c1)-c1ccccc1C21c2ccccc2-c2ccc(-c3nc(-c4ccc5oc6ccccc6c5c4)nc(-c4ccc5oc6ccccc6c5c4)n3)cc21. The molecule has 0 saturated heterocycles. The zero-order valence-electron chi connectivity index (χ0n) is 30.4. The second-order valence-corrected chi connectivity index (χ2v) is 15.1. The molecule has 0 aliphatic heterocycles. The van der Waals surface area contributed by atoms with E-state index in [0.717, 1.165) is 60.6 Å². The molecule has 2 aliphatic carbocycles. The number of aromatic nitrogens is 3. The fourth-order valence-corrected chi connectivity index (χ4v) is 9.73. The number of para-hydroxylation sites is 2. The topological polar surface area (TPSA) is 65.0 Å². The van der Waals surface area contributed by atoms with E-state index in [4.69, 9.17) is 23.8 Å². The molecule has 0 atom stereocenters. The molecular weight excluding hydrogens is 699 g/mol. The Balaban J connectivity index is 1.06. The standard InChI is InChI=1S/C52H29N3O2/c1-6-16-41-33(11-1)34-12-2-7-17-42(34)52(41)43-18-8-3-13-35(43)36-24-21-32(29-44(36)52)51-54-49(30-22-25-47-39(27-30)37-14-4-9-19-45(37)56-47)53-50(55-51)31-23-26-48-40(28-31)38-15-5-10-20-46(38)57-48/h1-29H. The van der Waals surface area contributed by atoms with Crippen molar-refractivity contribution in [1.29, 1.82) is 0 Å². The van der Waals surface area contributed by atoms with Crippen LogP contribution in [0.4, 0.5) is 0 Å². The van der Waals surface area contributed by atoms with Crippen LogP contribution in [0.2, 0.25) is 0 Å². The van der Waals surface area contributed by atoms with Gasteiger partial charge < -0.3 is 8.83 Å². The van der Waals surface area contributed by atoms with E-state index in [0.29, 0.717) is 17.5 Å². The van der Waals surface area contributed by atoms with Crippen molar-refractivity contribution in [3.8, 4) is 56.4 Å². The van der Waals surface area contributed by atoms with Gasteiger partial charge >= 0.3 is 0 Å². The third-order valence-corrected chi connectivity index (χ3v) is 12.2. The number of nitrogens with zero attached hydrogens (tertiary/aromatic N) is 3. The maximum Gasteiger partial charge on any atom is 0.164 e. The molecule has 264 valence electrons. The summed E-state index contributed by atoms with van der Waals surface area (Å²) in [6, 6.07) is 62.1. The predicted octanol–water partition coefficient (Wildman–Crippen LogP) is 13.0. The fraction of sp³-hybridized carbons (Fsp3) is 0.0192. The largest absolute Gasteiger partial charge is 0.456 e. The minimum Gasteiger partial charge on any atom is -0.456 e. The molecular formula is C52H29N3O2. The number of hydrogen-bond donors (Lipinski definition) is 0. The number of furan rings is 2. The molecule has 11 aromatic rings. The number of rotatable bonds is 3. The molecule has 0 amide bonds. The maximum absolute atomic E-state index is 6.20. The first kappa shape index (κ1) is 30.7. The monoisotopic (exact) mass is 727 g/mol. The van der Waals surface area contributed by atoms with Gasteiger partial charge in [-0.1, -0.05) is 121 Å². The van der Waals surface area contributed by atoms with E-state index in [2.05, 4.69) is 115 Å². The quantitative estimate of drug-likeness (QED) is 0.181. The lowest BCUT2D eigenvalue weighted by atomic mass is 9.70. The molecule has 13 rings (SSSR count). The Morgan fingerprint density at radius 2 is 0.667 bits per heavy atom. The van der Waals surface area contributed by atoms with E-state index in [1.807, 2.05) is 60.7 Å². The van der Waals surface area contributed by atoms with E-state index in [-0.39, 0.29) is 0 Å². The Morgan fingerprint density at radius 3 is 1.16 bits per heavy atom. The average molecular weight is 728 g/mol. The Morgan fingerprint density at radius 1 is 0.298 bits per heavy atom. The highest BCUT2D eigenvalue weighted by atomic mass is 16.3. The van der Waals surface area contributed by atoms with E-state index >= 15 is 0 Å². The van der Waals surface area contributed by atoms with Gasteiger partial charge in [0, 0.05) is 38.2 Å². The third kappa shape index (κ3) is 4.15. The summed E-state index contributed by atoms with van der Waals surface area (Å²) in [5.41, 5.74) is 15.7. The summed E-state index contributed by atoms with van der Waals surface area (Å²) in [4.78, 5) is 15.8. The summed E-state index contributed by atoms with van der Waals surface area (Å²) in [6.45, 7) is 0. The van der Waals surface area contributed by atoms with Gasteiger partial charge in [-0.3, -0.25) is 0 Å². The van der Waals surface area contributed by atoms with Crippen molar-refractivity contribution in [2.45, 2.75) is 5.41 Å². The van der Waals surface area contributed by atoms with Crippen molar-refractivity contribution in [2.75, 3.05) is 0 Å². The van der Waals surface area contributed by atoms with Crippen LogP contribution in [0, 0.1) is 0 Å². The lowest BCUT2D eigenvalue weighted by molar-refractivity contribution is 0.668. The van der Waals surface area contributed by atoms with Gasteiger partial charge in [-0.05, 0) is 99.1 Å². The van der Waals surface area contributed by atoms with Gasteiger partial charge in [0.15, 0.2) is 17.5 Å².